The maximum Gasteiger partial charge on any atom is 0.234 e. The third-order valence-corrected chi connectivity index (χ3v) is 3.75. The molecule has 0 bridgehead atoms. The molecule has 0 radical (unpaired) electrons. The molecule has 1 aromatic rings. The first-order valence-electron chi connectivity index (χ1n) is 6.43. The van der Waals surface area contributed by atoms with Crippen LogP contribution in [0, 0.1) is 12.3 Å². The van der Waals surface area contributed by atoms with Crippen LogP contribution in [0.2, 0.25) is 0 Å². The first kappa shape index (κ1) is 14.3. The smallest absolute Gasteiger partial charge is 0.234 e. The Kier molecular flexibility index (Phi) is 4.23. The highest BCUT2D eigenvalue weighted by Crippen LogP contribution is 2.31. The van der Waals surface area contributed by atoms with E-state index < -0.39 is 5.41 Å². The molecule has 1 aromatic heterocycles. The number of aryl methyl sites for hydroxylation is 1. The molecule has 1 aliphatic rings. The number of carbonyl (C=O) groups is 1. The molecule has 1 fully saturated rings. The normalized spacial score (nSPS) is 18.8. The number of oxime groups is 1. The number of hydrogen-bond acceptors (Lipinski definition) is 5. The van der Waals surface area contributed by atoms with E-state index in [9.17, 15) is 4.79 Å². The van der Waals surface area contributed by atoms with Crippen molar-refractivity contribution in [3.05, 3.63) is 17.5 Å². The lowest BCUT2D eigenvalue weighted by atomic mass is 9.78. The van der Waals surface area contributed by atoms with Crippen LogP contribution in [0.3, 0.4) is 0 Å². The average Bonchev–Trinajstić information content (AvgIpc) is 2.89. The molecule has 0 atom stereocenters. The zero-order chi connectivity index (χ0) is 14.6. The summed E-state index contributed by atoms with van der Waals surface area (Å²) in [6.07, 6.45) is 2.47. The van der Waals surface area contributed by atoms with Gasteiger partial charge in [0.1, 0.15) is 5.41 Å². The van der Waals surface area contributed by atoms with E-state index in [-0.39, 0.29) is 11.7 Å². The molecular weight excluding hydrogens is 262 g/mol. The minimum Gasteiger partial charge on any atom is -0.409 e. The van der Waals surface area contributed by atoms with Gasteiger partial charge in [-0.15, -0.1) is 0 Å². The van der Waals surface area contributed by atoms with Gasteiger partial charge in [0.05, 0.1) is 6.20 Å². The molecular formula is C12H19N5O3. The van der Waals surface area contributed by atoms with E-state index in [1.165, 1.54) is 0 Å². The van der Waals surface area contributed by atoms with Crippen molar-refractivity contribution in [1.29, 1.82) is 0 Å². The Labute approximate surface area is 116 Å². The number of hydrogen-bond donors (Lipinski definition) is 4. The van der Waals surface area contributed by atoms with E-state index >= 15 is 0 Å². The van der Waals surface area contributed by atoms with Gasteiger partial charge in [0.15, 0.2) is 5.84 Å². The van der Waals surface area contributed by atoms with Crippen LogP contribution in [0.1, 0.15) is 24.1 Å². The largest absolute Gasteiger partial charge is 0.409 e. The Balaban J connectivity index is 2.09. The molecule has 5 N–H and O–H groups in total. The number of carbonyl (C=O) groups excluding carboxylic acids is 1. The van der Waals surface area contributed by atoms with Gasteiger partial charge in [-0.1, -0.05) is 5.16 Å². The molecule has 1 saturated heterocycles. The lowest BCUT2D eigenvalue weighted by Crippen LogP contribution is -2.52. The average molecular weight is 281 g/mol. The van der Waals surface area contributed by atoms with Crippen molar-refractivity contribution in [3.8, 4) is 0 Å². The van der Waals surface area contributed by atoms with Crippen molar-refractivity contribution in [3.63, 3.8) is 0 Å². The summed E-state index contributed by atoms with van der Waals surface area (Å²) in [5, 5.41) is 21.5. The van der Waals surface area contributed by atoms with Gasteiger partial charge in [-0.05, 0) is 19.8 Å². The minimum atomic E-state index is -0.995. The third-order valence-electron chi connectivity index (χ3n) is 3.75. The summed E-state index contributed by atoms with van der Waals surface area (Å²) in [7, 11) is 0. The highest BCUT2D eigenvalue weighted by Gasteiger charge is 2.44. The summed E-state index contributed by atoms with van der Waals surface area (Å²) < 4.78 is 5.25. The molecule has 8 nitrogen and oxygen atoms in total. The summed E-state index contributed by atoms with van der Waals surface area (Å²) in [4.78, 5) is 12.5. The summed E-state index contributed by atoms with van der Waals surface area (Å²) in [6.45, 7) is 3.05. The fourth-order valence-corrected chi connectivity index (χ4v) is 2.31. The van der Waals surface area contributed by atoms with Crippen LogP contribution in [-0.4, -0.2) is 40.4 Å². The Morgan fingerprint density at radius 2 is 2.35 bits per heavy atom. The molecule has 0 aliphatic carbocycles. The molecule has 1 aliphatic heterocycles. The zero-order valence-corrected chi connectivity index (χ0v) is 11.3. The summed E-state index contributed by atoms with van der Waals surface area (Å²) in [6, 6.07) is 0. The van der Waals surface area contributed by atoms with Crippen LogP contribution in [0.5, 0.6) is 0 Å². The van der Waals surface area contributed by atoms with Crippen molar-refractivity contribution in [1.82, 2.24) is 15.5 Å². The molecule has 0 unspecified atom stereocenters. The number of nitrogens with one attached hydrogen (secondary N) is 2. The van der Waals surface area contributed by atoms with Gasteiger partial charge < -0.3 is 21.0 Å². The predicted octanol–water partition coefficient (Wildman–Crippen LogP) is -0.122. The molecule has 20 heavy (non-hydrogen) atoms. The number of amidine groups is 1. The van der Waals surface area contributed by atoms with Crippen LogP contribution in [0.4, 0.5) is 0 Å². The van der Waals surface area contributed by atoms with Crippen molar-refractivity contribution < 1.29 is 14.7 Å². The van der Waals surface area contributed by atoms with Gasteiger partial charge in [0.2, 0.25) is 5.91 Å². The topological polar surface area (TPSA) is 126 Å². The monoisotopic (exact) mass is 281 g/mol. The third kappa shape index (κ3) is 2.60. The number of H-pyrrole nitrogens is 1. The second-order valence-electron chi connectivity index (χ2n) is 4.88. The van der Waals surface area contributed by atoms with Crippen molar-refractivity contribution in [2.24, 2.45) is 16.3 Å². The number of rotatable bonds is 4. The summed E-state index contributed by atoms with van der Waals surface area (Å²) >= 11 is 0. The quantitative estimate of drug-likeness (QED) is 0.265. The lowest BCUT2D eigenvalue weighted by molar-refractivity contribution is -0.131. The van der Waals surface area contributed by atoms with Crippen LogP contribution in [-0.2, 0) is 16.1 Å². The Hall–Kier alpha value is -2.09. The van der Waals surface area contributed by atoms with Crippen molar-refractivity contribution in [2.45, 2.75) is 26.3 Å². The lowest BCUT2D eigenvalue weighted by Gasteiger charge is -2.34. The first-order valence-corrected chi connectivity index (χ1v) is 6.43. The molecule has 8 heteroatoms. The van der Waals surface area contributed by atoms with Crippen molar-refractivity contribution in [2.75, 3.05) is 13.2 Å². The number of nitrogens with two attached hydrogens (primary N) is 1. The Morgan fingerprint density at radius 1 is 1.65 bits per heavy atom. The van der Waals surface area contributed by atoms with E-state index in [1.807, 2.05) is 6.92 Å². The van der Waals surface area contributed by atoms with E-state index in [2.05, 4.69) is 20.7 Å². The predicted molar refractivity (Wildman–Crippen MR) is 71.1 cm³/mol. The van der Waals surface area contributed by atoms with E-state index in [4.69, 9.17) is 15.7 Å². The maximum atomic E-state index is 12.5. The molecule has 2 heterocycles. The van der Waals surface area contributed by atoms with Crippen LogP contribution >= 0.6 is 0 Å². The van der Waals surface area contributed by atoms with Crippen molar-refractivity contribution >= 4 is 11.7 Å². The SMILES string of the molecule is Cc1[nH]ncc1CNC(=O)C1(C(N)=NO)CCOCC1. The van der Waals surface area contributed by atoms with Gasteiger partial charge in [-0.2, -0.15) is 5.10 Å². The molecule has 110 valence electrons. The number of nitrogens with zero attached hydrogens (tertiary/aromatic N) is 2. The fourth-order valence-electron chi connectivity index (χ4n) is 2.31. The standard InChI is InChI=1S/C12H19N5O3/c1-8-9(7-15-16-8)6-14-11(18)12(10(13)17-19)2-4-20-5-3-12/h7,19H,2-6H2,1H3,(H2,13,17)(H,14,18)(H,15,16). The van der Waals surface area contributed by atoms with Gasteiger partial charge in [0, 0.05) is 31.0 Å². The van der Waals surface area contributed by atoms with Crippen LogP contribution in [0.25, 0.3) is 0 Å². The number of ether oxygens (including phenoxy) is 1. The highest BCUT2D eigenvalue weighted by molar-refractivity contribution is 6.06. The summed E-state index contributed by atoms with van der Waals surface area (Å²) in [5.41, 5.74) is 6.53. The first-order chi connectivity index (χ1) is 9.60. The van der Waals surface area contributed by atoms with Gasteiger partial charge in [-0.3, -0.25) is 9.89 Å². The van der Waals surface area contributed by atoms with E-state index in [0.29, 0.717) is 32.6 Å². The Morgan fingerprint density at radius 3 is 2.90 bits per heavy atom. The molecule has 0 saturated carbocycles. The van der Waals surface area contributed by atoms with Gasteiger partial charge in [0.25, 0.3) is 0 Å². The molecule has 0 aromatic carbocycles. The second kappa shape index (κ2) is 5.91. The van der Waals surface area contributed by atoms with Crippen LogP contribution in [0.15, 0.2) is 11.4 Å². The number of aromatic amines is 1. The molecule has 2 rings (SSSR count). The maximum absolute atomic E-state index is 12.5. The second-order valence-corrected chi connectivity index (χ2v) is 4.88. The molecule has 1 amide bonds. The number of amides is 1. The zero-order valence-electron chi connectivity index (χ0n) is 11.3. The molecule has 0 spiro atoms. The Bertz CT molecular complexity index is 505. The van der Waals surface area contributed by atoms with Crippen LogP contribution < -0.4 is 11.1 Å². The number of aromatic nitrogens is 2. The minimum absolute atomic E-state index is 0.0674. The van der Waals surface area contributed by atoms with E-state index in [1.54, 1.807) is 6.20 Å². The van der Waals surface area contributed by atoms with Gasteiger partial charge in [-0.25, -0.2) is 0 Å². The van der Waals surface area contributed by atoms with E-state index in [0.717, 1.165) is 11.3 Å². The summed E-state index contributed by atoms with van der Waals surface area (Å²) in [5.74, 6) is -0.320. The fraction of sp³-hybridized carbons (Fsp3) is 0.583. The highest BCUT2D eigenvalue weighted by atomic mass is 16.5. The van der Waals surface area contributed by atoms with Gasteiger partial charge >= 0.3 is 0 Å².